The molecular formula is C14H19NO5S2. The van der Waals surface area contributed by atoms with Crippen molar-refractivity contribution < 1.29 is 22.6 Å². The average molecular weight is 345 g/mol. The van der Waals surface area contributed by atoms with Gasteiger partial charge in [0.05, 0.1) is 11.7 Å². The van der Waals surface area contributed by atoms with Crippen LogP contribution in [-0.4, -0.2) is 42.0 Å². The molecule has 0 aromatic heterocycles. The van der Waals surface area contributed by atoms with Crippen molar-refractivity contribution in [3.63, 3.8) is 0 Å². The maximum atomic E-state index is 12.1. The van der Waals surface area contributed by atoms with E-state index in [9.17, 15) is 18.0 Å². The summed E-state index contributed by atoms with van der Waals surface area (Å²) in [5, 5.41) is 2.40. The minimum atomic E-state index is -4.10. The molecule has 1 aromatic carbocycles. The standard InChI is InChI=1S/C14H19NO5S2/c1-11(16)21-10-13(9-12-5-3-2-4-6-12)14(17)15-7-8-22(18,19)20/h2-6,13H,7-10H2,1H3,(H,15,17)(H,18,19,20). The third-order valence-corrected chi connectivity index (χ3v) is 4.54. The molecule has 2 N–H and O–H groups in total. The number of nitrogens with one attached hydrogen (secondary N) is 1. The van der Waals surface area contributed by atoms with Crippen molar-refractivity contribution in [3.05, 3.63) is 35.9 Å². The smallest absolute Gasteiger partial charge is 0.266 e. The first-order valence-electron chi connectivity index (χ1n) is 6.68. The van der Waals surface area contributed by atoms with Crippen molar-refractivity contribution >= 4 is 32.9 Å². The van der Waals surface area contributed by atoms with Gasteiger partial charge in [-0.15, -0.1) is 0 Å². The van der Waals surface area contributed by atoms with Gasteiger partial charge in [0.15, 0.2) is 5.12 Å². The van der Waals surface area contributed by atoms with Crippen molar-refractivity contribution in [2.75, 3.05) is 18.1 Å². The third-order valence-electron chi connectivity index (χ3n) is 2.84. The molecule has 0 saturated heterocycles. The first kappa shape index (κ1) is 18.7. The lowest BCUT2D eigenvalue weighted by molar-refractivity contribution is -0.124. The molecule has 0 fully saturated rings. The highest BCUT2D eigenvalue weighted by Gasteiger charge is 2.20. The fraction of sp³-hybridized carbons (Fsp3) is 0.429. The molecular weight excluding hydrogens is 326 g/mol. The number of benzene rings is 1. The molecule has 1 aromatic rings. The summed E-state index contributed by atoms with van der Waals surface area (Å²) < 4.78 is 29.9. The van der Waals surface area contributed by atoms with Crippen LogP contribution in [0.2, 0.25) is 0 Å². The van der Waals surface area contributed by atoms with Crippen LogP contribution in [0.4, 0.5) is 0 Å². The summed E-state index contributed by atoms with van der Waals surface area (Å²) >= 11 is 1.06. The third kappa shape index (κ3) is 8.16. The molecule has 22 heavy (non-hydrogen) atoms. The summed E-state index contributed by atoms with van der Waals surface area (Å²) in [6.07, 6.45) is 0.457. The number of carbonyl (C=O) groups excluding carboxylic acids is 2. The predicted molar refractivity (Wildman–Crippen MR) is 86.2 cm³/mol. The highest BCUT2D eigenvalue weighted by atomic mass is 32.2. The van der Waals surface area contributed by atoms with Gasteiger partial charge in [0.1, 0.15) is 0 Å². The van der Waals surface area contributed by atoms with Crippen LogP contribution in [0.1, 0.15) is 12.5 Å². The van der Waals surface area contributed by atoms with E-state index >= 15 is 0 Å². The fourth-order valence-electron chi connectivity index (χ4n) is 1.79. The molecule has 0 aliphatic rings. The van der Waals surface area contributed by atoms with Crippen LogP contribution >= 0.6 is 11.8 Å². The van der Waals surface area contributed by atoms with E-state index in [0.29, 0.717) is 12.2 Å². The van der Waals surface area contributed by atoms with Gasteiger partial charge >= 0.3 is 0 Å². The highest BCUT2D eigenvalue weighted by molar-refractivity contribution is 8.13. The van der Waals surface area contributed by atoms with Crippen molar-refractivity contribution in [2.24, 2.45) is 5.92 Å². The number of amides is 1. The van der Waals surface area contributed by atoms with E-state index in [-0.39, 0.29) is 17.6 Å². The summed E-state index contributed by atoms with van der Waals surface area (Å²) in [6.45, 7) is 1.27. The van der Waals surface area contributed by atoms with Crippen molar-refractivity contribution in [1.29, 1.82) is 0 Å². The topological polar surface area (TPSA) is 101 Å². The molecule has 0 aliphatic heterocycles. The SMILES string of the molecule is CC(=O)SCC(Cc1ccccc1)C(=O)NCCS(=O)(=O)O. The molecule has 1 atom stereocenters. The van der Waals surface area contributed by atoms with E-state index < -0.39 is 21.8 Å². The van der Waals surface area contributed by atoms with Crippen LogP contribution in [0.5, 0.6) is 0 Å². The number of thioether (sulfide) groups is 1. The Balaban J connectivity index is 2.63. The van der Waals surface area contributed by atoms with E-state index in [2.05, 4.69) is 5.32 Å². The van der Waals surface area contributed by atoms with Crippen LogP contribution in [0, 0.1) is 5.92 Å². The molecule has 8 heteroatoms. The Morgan fingerprint density at radius 1 is 1.27 bits per heavy atom. The Bertz CT molecular complexity index is 601. The largest absolute Gasteiger partial charge is 0.355 e. The molecule has 0 aliphatic carbocycles. The number of carbonyl (C=O) groups is 2. The minimum Gasteiger partial charge on any atom is -0.355 e. The molecule has 0 heterocycles. The normalized spacial score (nSPS) is 12.6. The molecule has 0 spiro atoms. The maximum absolute atomic E-state index is 12.1. The molecule has 122 valence electrons. The van der Waals surface area contributed by atoms with E-state index in [1.54, 1.807) is 0 Å². The average Bonchev–Trinajstić information content (AvgIpc) is 2.42. The summed E-state index contributed by atoms with van der Waals surface area (Å²) in [6, 6.07) is 9.37. The highest BCUT2D eigenvalue weighted by Crippen LogP contribution is 2.15. The summed E-state index contributed by atoms with van der Waals surface area (Å²) in [5.74, 6) is -0.988. The van der Waals surface area contributed by atoms with E-state index in [0.717, 1.165) is 17.3 Å². The number of hydrogen-bond acceptors (Lipinski definition) is 5. The first-order valence-corrected chi connectivity index (χ1v) is 9.27. The Labute approximate surface area is 134 Å². The van der Waals surface area contributed by atoms with Crippen molar-refractivity contribution in [2.45, 2.75) is 13.3 Å². The zero-order chi connectivity index (χ0) is 16.6. The zero-order valence-electron chi connectivity index (χ0n) is 12.2. The maximum Gasteiger partial charge on any atom is 0.266 e. The molecule has 1 rings (SSSR count). The molecule has 1 unspecified atom stereocenters. The van der Waals surface area contributed by atoms with Gasteiger partial charge in [-0.1, -0.05) is 42.1 Å². The Kier molecular flexibility index (Phi) is 7.57. The number of hydrogen-bond donors (Lipinski definition) is 2. The molecule has 6 nitrogen and oxygen atoms in total. The monoisotopic (exact) mass is 345 g/mol. The Hall–Kier alpha value is -1.38. The van der Waals surface area contributed by atoms with E-state index in [4.69, 9.17) is 4.55 Å². The summed E-state index contributed by atoms with van der Waals surface area (Å²) in [5.41, 5.74) is 0.960. The quantitative estimate of drug-likeness (QED) is 0.685. The second kappa shape index (κ2) is 8.92. The second-order valence-corrected chi connectivity index (χ2v) is 7.54. The van der Waals surface area contributed by atoms with Crippen LogP contribution in [0.25, 0.3) is 0 Å². The van der Waals surface area contributed by atoms with Gasteiger partial charge in [-0.2, -0.15) is 8.42 Å². The van der Waals surface area contributed by atoms with Gasteiger partial charge < -0.3 is 5.32 Å². The van der Waals surface area contributed by atoms with Gasteiger partial charge in [0.25, 0.3) is 10.1 Å². The second-order valence-electron chi connectivity index (χ2n) is 4.77. The van der Waals surface area contributed by atoms with Crippen LogP contribution in [0.3, 0.4) is 0 Å². The lowest BCUT2D eigenvalue weighted by atomic mass is 10.0. The lowest BCUT2D eigenvalue weighted by Crippen LogP contribution is -2.36. The van der Waals surface area contributed by atoms with Crippen LogP contribution in [0.15, 0.2) is 30.3 Å². The van der Waals surface area contributed by atoms with E-state index in [1.807, 2.05) is 30.3 Å². The first-order chi connectivity index (χ1) is 10.3. The summed E-state index contributed by atoms with van der Waals surface area (Å²) in [7, 11) is -4.10. The summed E-state index contributed by atoms with van der Waals surface area (Å²) in [4.78, 5) is 23.2. The minimum absolute atomic E-state index is 0.0798. The van der Waals surface area contributed by atoms with E-state index in [1.165, 1.54) is 6.92 Å². The lowest BCUT2D eigenvalue weighted by Gasteiger charge is -2.16. The zero-order valence-corrected chi connectivity index (χ0v) is 13.8. The predicted octanol–water partition coefficient (Wildman–Crippen LogP) is 1.13. The Morgan fingerprint density at radius 2 is 1.91 bits per heavy atom. The number of rotatable bonds is 8. The van der Waals surface area contributed by atoms with Crippen LogP contribution in [-0.2, 0) is 26.1 Å². The fourth-order valence-corrected chi connectivity index (χ4v) is 2.86. The molecule has 0 saturated carbocycles. The van der Waals surface area contributed by atoms with Gasteiger partial charge in [-0.05, 0) is 12.0 Å². The molecule has 0 radical (unpaired) electrons. The van der Waals surface area contributed by atoms with Crippen molar-refractivity contribution in [1.82, 2.24) is 5.32 Å². The Morgan fingerprint density at radius 3 is 2.45 bits per heavy atom. The van der Waals surface area contributed by atoms with Crippen LogP contribution < -0.4 is 5.32 Å². The van der Waals surface area contributed by atoms with Gasteiger partial charge in [-0.25, -0.2) is 0 Å². The molecule has 1 amide bonds. The van der Waals surface area contributed by atoms with Gasteiger partial charge in [-0.3, -0.25) is 14.1 Å². The van der Waals surface area contributed by atoms with Crippen molar-refractivity contribution in [3.8, 4) is 0 Å². The van der Waals surface area contributed by atoms with Gasteiger partial charge in [0.2, 0.25) is 5.91 Å². The molecule has 0 bridgehead atoms. The van der Waals surface area contributed by atoms with Gasteiger partial charge in [0, 0.05) is 19.2 Å².